The van der Waals surface area contributed by atoms with Crippen LogP contribution in [0.1, 0.15) is 6.92 Å². The van der Waals surface area contributed by atoms with E-state index in [0.717, 1.165) is 23.4 Å². The largest absolute Gasteiger partial charge is 0.394 e. The average molecular weight is 317 g/mol. The van der Waals surface area contributed by atoms with E-state index in [1.54, 1.807) is 6.20 Å². The molecule has 1 saturated heterocycles. The van der Waals surface area contributed by atoms with E-state index in [-0.39, 0.29) is 12.7 Å². The number of aromatic nitrogens is 2. The predicted octanol–water partition coefficient (Wildman–Crippen LogP) is 0.868. The highest BCUT2D eigenvalue weighted by Gasteiger charge is 2.22. The molecule has 0 spiro atoms. The van der Waals surface area contributed by atoms with Gasteiger partial charge in [0.25, 0.3) is 0 Å². The summed E-state index contributed by atoms with van der Waals surface area (Å²) in [5, 5.41) is 12.2. The van der Waals surface area contributed by atoms with E-state index in [9.17, 15) is 0 Å². The molecule has 0 aromatic carbocycles. The van der Waals surface area contributed by atoms with Gasteiger partial charge in [0, 0.05) is 25.8 Å². The van der Waals surface area contributed by atoms with Crippen molar-refractivity contribution in [2.45, 2.75) is 13.0 Å². The van der Waals surface area contributed by atoms with Crippen LogP contribution in [0.15, 0.2) is 10.7 Å². The highest BCUT2D eigenvalue weighted by Crippen LogP contribution is 2.25. The summed E-state index contributed by atoms with van der Waals surface area (Å²) in [6.07, 6.45) is 1.59. The molecule has 2 heterocycles. The Hall–Kier alpha value is -0.920. The number of aliphatic hydroxyl groups is 1. The highest BCUT2D eigenvalue weighted by atomic mass is 79.9. The van der Waals surface area contributed by atoms with Gasteiger partial charge in [-0.15, -0.1) is 0 Å². The van der Waals surface area contributed by atoms with Gasteiger partial charge >= 0.3 is 0 Å². The quantitative estimate of drug-likeness (QED) is 0.859. The summed E-state index contributed by atoms with van der Waals surface area (Å²) in [5.74, 6) is 1.45. The van der Waals surface area contributed by atoms with E-state index >= 15 is 0 Å². The lowest BCUT2D eigenvalue weighted by atomic mass is 10.3. The zero-order valence-electron chi connectivity index (χ0n) is 10.3. The third kappa shape index (κ3) is 3.09. The second-order valence-corrected chi connectivity index (χ2v) is 4.87. The summed E-state index contributed by atoms with van der Waals surface area (Å²) in [6.45, 7) is 4.80. The van der Waals surface area contributed by atoms with Crippen molar-refractivity contribution in [3.63, 3.8) is 0 Å². The number of halogens is 1. The lowest BCUT2D eigenvalue weighted by Crippen LogP contribution is -2.44. The normalized spacial score (nSPS) is 19.9. The molecule has 2 rings (SSSR count). The Morgan fingerprint density at radius 1 is 1.67 bits per heavy atom. The standard InChI is InChI=1S/C11H17BrN4O2/c1-2-13-11-14-5-9(12)10(15-11)16-3-4-18-8(6-16)7-17/h5,8,17H,2-4,6-7H2,1H3,(H,13,14,15). The van der Waals surface area contributed by atoms with Gasteiger partial charge in [-0.05, 0) is 22.9 Å². The number of rotatable bonds is 4. The molecule has 2 N–H and O–H groups in total. The van der Waals surface area contributed by atoms with Crippen LogP contribution in [0, 0.1) is 0 Å². The second kappa shape index (κ2) is 6.31. The first-order valence-electron chi connectivity index (χ1n) is 5.98. The number of morpholine rings is 1. The third-order valence-corrected chi connectivity index (χ3v) is 3.26. The summed E-state index contributed by atoms with van der Waals surface area (Å²) in [7, 11) is 0. The maximum Gasteiger partial charge on any atom is 0.224 e. The number of hydrogen-bond donors (Lipinski definition) is 2. The molecule has 0 aliphatic carbocycles. The molecule has 1 aliphatic rings. The monoisotopic (exact) mass is 316 g/mol. The molecule has 1 atom stereocenters. The summed E-state index contributed by atoms with van der Waals surface area (Å²) in [5.41, 5.74) is 0. The first kappa shape index (κ1) is 13.5. The molecule has 1 unspecified atom stereocenters. The van der Waals surface area contributed by atoms with Crippen LogP contribution in [-0.2, 0) is 4.74 Å². The van der Waals surface area contributed by atoms with E-state index in [1.165, 1.54) is 0 Å². The lowest BCUT2D eigenvalue weighted by molar-refractivity contribution is 0.00332. The number of anilines is 2. The number of aliphatic hydroxyl groups excluding tert-OH is 1. The highest BCUT2D eigenvalue weighted by molar-refractivity contribution is 9.10. The van der Waals surface area contributed by atoms with Gasteiger partial charge in [0.1, 0.15) is 5.82 Å². The van der Waals surface area contributed by atoms with Crippen molar-refractivity contribution in [3.8, 4) is 0 Å². The van der Waals surface area contributed by atoms with Crippen molar-refractivity contribution in [2.24, 2.45) is 0 Å². The topological polar surface area (TPSA) is 70.5 Å². The smallest absolute Gasteiger partial charge is 0.224 e. The van der Waals surface area contributed by atoms with Crippen LogP contribution in [0.2, 0.25) is 0 Å². The van der Waals surface area contributed by atoms with Gasteiger partial charge < -0.3 is 20.1 Å². The zero-order chi connectivity index (χ0) is 13.0. The van der Waals surface area contributed by atoms with Crippen molar-refractivity contribution in [1.82, 2.24) is 9.97 Å². The zero-order valence-corrected chi connectivity index (χ0v) is 11.9. The Kier molecular flexibility index (Phi) is 4.73. The number of nitrogens with one attached hydrogen (secondary N) is 1. The second-order valence-electron chi connectivity index (χ2n) is 4.02. The molecule has 1 aromatic heterocycles. The molecule has 1 fully saturated rings. The average Bonchev–Trinajstić information content (AvgIpc) is 2.41. The fraction of sp³-hybridized carbons (Fsp3) is 0.636. The van der Waals surface area contributed by atoms with Gasteiger partial charge in [0.15, 0.2) is 0 Å². The molecule has 0 saturated carbocycles. The number of nitrogens with zero attached hydrogens (tertiary/aromatic N) is 3. The molecule has 6 nitrogen and oxygen atoms in total. The Morgan fingerprint density at radius 3 is 3.22 bits per heavy atom. The molecule has 1 aromatic rings. The van der Waals surface area contributed by atoms with Crippen LogP contribution < -0.4 is 10.2 Å². The third-order valence-electron chi connectivity index (χ3n) is 2.70. The lowest BCUT2D eigenvalue weighted by Gasteiger charge is -2.33. The fourth-order valence-electron chi connectivity index (χ4n) is 1.85. The summed E-state index contributed by atoms with van der Waals surface area (Å²) in [4.78, 5) is 10.8. The molecule has 1 aliphatic heterocycles. The van der Waals surface area contributed by atoms with E-state index in [1.807, 2.05) is 6.92 Å². The van der Waals surface area contributed by atoms with Crippen molar-refractivity contribution in [3.05, 3.63) is 10.7 Å². The first-order chi connectivity index (χ1) is 8.74. The minimum atomic E-state index is -0.150. The predicted molar refractivity (Wildman–Crippen MR) is 72.9 cm³/mol. The molecule has 18 heavy (non-hydrogen) atoms. The minimum absolute atomic E-state index is 0.0271. The van der Waals surface area contributed by atoms with Gasteiger partial charge in [-0.1, -0.05) is 0 Å². The van der Waals surface area contributed by atoms with E-state index in [2.05, 4.69) is 36.1 Å². The van der Waals surface area contributed by atoms with Crippen molar-refractivity contribution in [2.75, 3.05) is 43.1 Å². The van der Waals surface area contributed by atoms with Gasteiger partial charge in [-0.25, -0.2) is 4.98 Å². The fourth-order valence-corrected chi connectivity index (χ4v) is 2.29. The van der Waals surface area contributed by atoms with Gasteiger partial charge in [0.05, 0.1) is 23.8 Å². The van der Waals surface area contributed by atoms with Crippen molar-refractivity contribution in [1.29, 1.82) is 0 Å². The van der Waals surface area contributed by atoms with Crippen LogP contribution in [0.25, 0.3) is 0 Å². The number of ether oxygens (including phenoxy) is 1. The van der Waals surface area contributed by atoms with Gasteiger partial charge in [-0.2, -0.15) is 4.98 Å². The molecule has 100 valence electrons. The molecule has 7 heteroatoms. The van der Waals surface area contributed by atoms with E-state index in [4.69, 9.17) is 9.84 Å². The Labute approximate surface area is 115 Å². The van der Waals surface area contributed by atoms with Crippen LogP contribution in [0.3, 0.4) is 0 Å². The molecular formula is C11H17BrN4O2. The van der Waals surface area contributed by atoms with Crippen LogP contribution in [0.5, 0.6) is 0 Å². The van der Waals surface area contributed by atoms with Gasteiger partial charge in [-0.3, -0.25) is 0 Å². The summed E-state index contributed by atoms with van der Waals surface area (Å²) >= 11 is 3.46. The SMILES string of the molecule is CCNc1ncc(Br)c(N2CCOC(CO)C2)n1. The first-order valence-corrected chi connectivity index (χ1v) is 6.77. The van der Waals surface area contributed by atoms with Crippen molar-refractivity contribution < 1.29 is 9.84 Å². The summed E-state index contributed by atoms with van der Waals surface area (Å²) < 4.78 is 6.28. The Morgan fingerprint density at radius 2 is 2.50 bits per heavy atom. The van der Waals surface area contributed by atoms with Gasteiger partial charge in [0.2, 0.25) is 5.95 Å². The summed E-state index contributed by atoms with van der Waals surface area (Å²) in [6, 6.07) is 0. The Balaban J connectivity index is 2.17. The Bertz CT molecular complexity index is 405. The van der Waals surface area contributed by atoms with Crippen LogP contribution in [0.4, 0.5) is 11.8 Å². The molecule has 0 bridgehead atoms. The van der Waals surface area contributed by atoms with Crippen molar-refractivity contribution >= 4 is 27.7 Å². The van der Waals surface area contributed by atoms with Crippen LogP contribution >= 0.6 is 15.9 Å². The molecule has 0 amide bonds. The molecular weight excluding hydrogens is 300 g/mol. The van der Waals surface area contributed by atoms with Crippen LogP contribution in [-0.4, -0.2) is 54.0 Å². The van der Waals surface area contributed by atoms with E-state index in [0.29, 0.717) is 19.1 Å². The maximum absolute atomic E-state index is 9.16. The number of hydrogen-bond acceptors (Lipinski definition) is 6. The minimum Gasteiger partial charge on any atom is -0.394 e. The molecule has 0 radical (unpaired) electrons. The maximum atomic E-state index is 9.16. The van der Waals surface area contributed by atoms with E-state index < -0.39 is 0 Å².